The second kappa shape index (κ2) is 8.93. The van der Waals surface area contributed by atoms with Crippen LogP contribution in [-0.2, 0) is 10.2 Å². The maximum atomic E-state index is 13.1. The van der Waals surface area contributed by atoms with Crippen molar-refractivity contribution in [3.05, 3.63) is 63.5 Å². The van der Waals surface area contributed by atoms with Gasteiger partial charge in [-0.25, -0.2) is 0 Å². The number of likely N-dealkylation sites (N-methyl/N-ethyl adjacent to an activating group) is 1. The number of thiophene rings is 1. The van der Waals surface area contributed by atoms with E-state index >= 15 is 0 Å². The number of carbonyl (C=O) groups is 2. The molecule has 6 heteroatoms. The number of quaternary nitrogens is 1. The molecule has 0 atom stereocenters. The van der Waals surface area contributed by atoms with Crippen LogP contribution in [0.3, 0.4) is 0 Å². The third-order valence-electron chi connectivity index (χ3n) is 5.23. The van der Waals surface area contributed by atoms with Crippen molar-refractivity contribution in [2.45, 2.75) is 26.2 Å². The van der Waals surface area contributed by atoms with Gasteiger partial charge in [-0.2, -0.15) is 0 Å². The van der Waals surface area contributed by atoms with E-state index in [1.165, 1.54) is 10.5 Å². The molecule has 5 nitrogen and oxygen atoms in total. The van der Waals surface area contributed by atoms with Gasteiger partial charge >= 0.3 is 0 Å². The molecule has 0 saturated carbocycles. The molecule has 0 radical (unpaired) electrons. The maximum Gasteiger partial charge on any atom is 0.270 e. The van der Waals surface area contributed by atoms with Gasteiger partial charge in [-0.05, 0) is 40.6 Å². The third kappa shape index (κ3) is 5.55. The molecule has 1 aliphatic heterocycles. The average molecular weight is 413 g/mol. The van der Waals surface area contributed by atoms with Crippen LogP contribution in [-0.4, -0.2) is 49.9 Å². The molecular weight excluding hydrogens is 382 g/mol. The first-order valence-electron chi connectivity index (χ1n) is 10.0. The van der Waals surface area contributed by atoms with E-state index in [4.69, 9.17) is 0 Å². The molecular formula is C23H30N3O2S+. The van der Waals surface area contributed by atoms with Crippen LogP contribution in [0.4, 0.5) is 0 Å². The zero-order valence-electron chi connectivity index (χ0n) is 17.6. The monoisotopic (exact) mass is 412 g/mol. The molecule has 0 unspecified atom stereocenters. The van der Waals surface area contributed by atoms with Crippen LogP contribution < -0.4 is 10.2 Å². The van der Waals surface area contributed by atoms with Gasteiger partial charge in [0.2, 0.25) is 0 Å². The van der Waals surface area contributed by atoms with Crippen LogP contribution in [0.15, 0.2) is 47.5 Å². The fourth-order valence-electron chi connectivity index (χ4n) is 3.24. The Labute approximate surface area is 177 Å². The van der Waals surface area contributed by atoms with Gasteiger partial charge in [-0.15, -0.1) is 11.3 Å². The Morgan fingerprint density at radius 1 is 1.10 bits per heavy atom. The fourth-order valence-corrected chi connectivity index (χ4v) is 3.90. The minimum Gasteiger partial charge on any atom is -0.334 e. The van der Waals surface area contributed by atoms with Crippen LogP contribution in [0.2, 0.25) is 0 Å². The van der Waals surface area contributed by atoms with Gasteiger partial charge in [0.1, 0.15) is 5.70 Å². The van der Waals surface area contributed by atoms with E-state index in [1.807, 2.05) is 46.7 Å². The molecule has 1 saturated heterocycles. The van der Waals surface area contributed by atoms with Crippen molar-refractivity contribution >= 4 is 29.2 Å². The van der Waals surface area contributed by atoms with Crippen LogP contribution in [0.1, 0.15) is 41.6 Å². The largest absolute Gasteiger partial charge is 0.334 e. The summed E-state index contributed by atoms with van der Waals surface area (Å²) in [7, 11) is 2.13. The first-order chi connectivity index (χ1) is 13.7. The summed E-state index contributed by atoms with van der Waals surface area (Å²) in [6, 6.07) is 11.5. The van der Waals surface area contributed by atoms with E-state index in [2.05, 4.69) is 33.1 Å². The van der Waals surface area contributed by atoms with Crippen LogP contribution in [0.25, 0.3) is 6.08 Å². The van der Waals surface area contributed by atoms with Crippen molar-refractivity contribution in [3.63, 3.8) is 0 Å². The second-order valence-corrected chi connectivity index (χ2v) is 9.58. The van der Waals surface area contributed by atoms with Gasteiger partial charge in [0.05, 0.1) is 33.2 Å². The summed E-state index contributed by atoms with van der Waals surface area (Å²) in [5, 5.41) is 4.83. The number of nitrogens with zero attached hydrogens (tertiary/aromatic N) is 1. The molecule has 2 aromatic rings. The molecule has 1 aliphatic rings. The Hall–Kier alpha value is -2.44. The third-order valence-corrected chi connectivity index (χ3v) is 6.05. The lowest BCUT2D eigenvalue weighted by Gasteiger charge is -2.30. The zero-order chi connectivity index (χ0) is 21.0. The smallest absolute Gasteiger partial charge is 0.270 e. The van der Waals surface area contributed by atoms with Crippen molar-refractivity contribution in [1.29, 1.82) is 0 Å². The van der Waals surface area contributed by atoms with Gasteiger partial charge in [0, 0.05) is 10.4 Å². The van der Waals surface area contributed by atoms with Crippen molar-refractivity contribution in [2.24, 2.45) is 0 Å². The van der Waals surface area contributed by atoms with Crippen molar-refractivity contribution in [2.75, 3.05) is 33.2 Å². The number of nitrogens with one attached hydrogen (secondary N) is 2. The molecule has 0 bridgehead atoms. The highest BCUT2D eigenvalue weighted by atomic mass is 32.1. The standard InChI is InChI=1S/C23H29N3O2S/c1-23(2,3)18-9-7-17(8-10-18)21(27)24-20(16-19-6-5-15-29-19)22(28)26-13-11-25(4)12-14-26/h5-10,15-16H,11-14H2,1-4H3,(H,24,27)/p+1/b20-16-. The summed E-state index contributed by atoms with van der Waals surface area (Å²) >= 11 is 1.54. The number of benzene rings is 1. The minimum atomic E-state index is -0.263. The molecule has 0 aliphatic carbocycles. The molecule has 3 rings (SSSR count). The minimum absolute atomic E-state index is 0.0264. The lowest BCUT2D eigenvalue weighted by molar-refractivity contribution is -0.883. The van der Waals surface area contributed by atoms with E-state index in [-0.39, 0.29) is 17.2 Å². The molecule has 2 N–H and O–H groups in total. The molecule has 2 amide bonds. The number of hydrogen-bond acceptors (Lipinski definition) is 3. The molecule has 2 heterocycles. The van der Waals surface area contributed by atoms with E-state index in [1.54, 1.807) is 17.4 Å². The highest BCUT2D eigenvalue weighted by Gasteiger charge is 2.25. The van der Waals surface area contributed by atoms with Crippen molar-refractivity contribution in [3.8, 4) is 0 Å². The summed E-state index contributed by atoms with van der Waals surface area (Å²) < 4.78 is 0. The lowest BCUT2D eigenvalue weighted by Crippen LogP contribution is -3.12. The van der Waals surface area contributed by atoms with E-state index < -0.39 is 0 Å². The molecule has 1 aromatic heterocycles. The fraction of sp³-hybridized carbons (Fsp3) is 0.391. The molecule has 1 fully saturated rings. The summed E-state index contributed by atoms with van der Waals surface area (Å²) in [5.41, 5.74) is 2.07. The number of amides is 2. The number of piperazine rings is 1. The Kier molecular flexibility index (Phi) is 6.55. The number of hydrogen-bond donors (Lipinski definition) is 2. The average Bonchev–Trinajstić information content (AvgIpc) is 3.20. The normalized spacial score (nSPS) is 16.0. The first kappa shape index (κ1) is 21.3. The van der Waals surface area contributed by atoms with Crippen LogP contribution in [0.5, 0.6) is 0 Å². The second-order valence-electron chi connectivity index (χ2n) is 8.60. The summed E-state index contributed by atoms with van der Waals surface area (Å²) in [6.07, 6.45) is 1.78. The van der Waals surface area contributed by atoms with Gasteiger partial charge in [0.15, 0.2) is 0 Å². The first-order valence-corrected chi connectivity index (χ1v) is 10.9. The molecule has 0 spiro atoms. The van der Waals surface area contributed by atoms with E-state index in [0.29, 0.717) is 24.4 Å². The molecule has 29 heavy (non-hydrogen) atoms. The Morgan fingerprint density at radius 3 is 2.31 bits per heavy atom. The van der Waals surface area contributed by atoms with Gasteiger partial charge in [-0.1, -0.05) is 39.0 Å². The SMILES string of the molecule is C[NH+]1CCN(C(=O)/C(=C/c2cccs2)NC(=O)c2ccc(C(C)(C)C)cc2)CC1. The zero-order valence-corrected chi connectivity index (χ0v) is 18.4. The van der Waals surface area contributed by atoms with Crippen LogP contribution >= 0.6 is 11.3 Å². The number of rotatable bonds is 4. The highest BCUT2D eigenvalue weighted by Crippen LogP contribution is 2.22. The van der Waals surface area contributed by atoms with E-state index in [0.717, 1.165) is 18.0 Å². The van der Waals surface area contributed by atoms with E-state index in [9.17, 15) is 9.59 Å². The summed E-state index contributed by atoms with van der Waals surface area (Å²) in [6.45, 7) is 9.65. The summed E-state index contributed by atoms with van der Waals surface area (Å²) in [4.78, 5) is 30.2. The Balaban J connectivity index is 1.79. The summed E-state index contributed by atoms with van der Waals surface area (Å²) in [5.74, 6) is -0.382. The number of carbonyl (C=O) groups excluding carboxylic acids is 2. The predicted octanol–water partition coefficient (Wildman–Crippen LogP) is 2.17. The van der Waals surface area contributed by atoms with Gasteiger partial charge < -0.3 is 15.1 Å². The Morgan fingerprint density at radius 2 is 1.76 bits per heavy atom. The van der Waals surface area contributed by atoms with Gasteiger partial charge in [0.25, 0.3) is 11.8 Å². The van der Waals surface area contributed by atoms with Crippen LogP contribution in [0, 0.1) is 0 Å². The quantitative estimate of drug-likeness (QED) is 0.757. The topological polar surface area (TPSA) is 53.9 Å². The molecule has 154 valence electrons. The Bertz CT molecular complexity index is 872. The maximum absolute atomic E-state index is 13.1. The van der Waals surface area contributed by atoms with Gasteiger partial charge in [-0.3, -0.25) is 9.59 Å². The van der Waals surface area contributed by atoms with Crippen molar-refractivity contribution < 1.29 is 14.5 Å². The lowest BCUT2D eigenvalue weighted by atomic mass is 9.87. The van der Waals surface area contributed by atoms with Crippen molar-refractivity contribution in [1.82, 2.24) is 10.2 Å². The molecule has 1 aromatic carbocycles. The predicted molar refractivity (Wildman–Crippen MR) is 118 cm³/mol. The highest BCUT2D eigenvalue weighted by molar-refractivity contribution is 7.10.